The van der Waals surface area contributed by atoms with Gasteiger partial charge in [-0.25, -0.2) is 0 Å². The molecule has 2 heterocycles. The number of halogens is 1. The molecule has 1 aliphatic heterocycles. The van der Waals surface area contributed by atoms with E-state index in [1.165, 1.54) is 37.2 Å². The van der Waals surface area contributed by atoms with Gasteiger partial charge in [0, 0.05) is 30.4 Å². The summed E-state index contributed by atoms with van der Waals surface area (Å²) in [6, 6.07) is 0.781. The average molecular weight is 301 g/mol. The van der Waals surface area contributed by atoms with Gasteiger partial charge in [0.1, 0.15) is 0 Å². The fourth-order valence-corrected chi connectivity index (χ4v) is 2.82. The zero-order valence-corrected chi connectivity index (χ0v) is 14.0. The van der Waals surface area contributed by atoms with Gasteiger partial charge in [0.15, 0.2) is 0 Å². The van der Waals surface area contributed by atoms with Gasteiger partial charge in [-0.1, -0.05) is 0 Å². The molecule has 1 saturated heterocycles. The zero-order chi connectivity index (χ0) is 14.0. The number of aromatic nitrogens is 2. The molecule has 0 aliphatic carbocycles. The van der Waals surface area contributed by atoms with E-state index in [2.05, 4.69) is 48.6 Å². The summed E-state index contributed by atoms with van der Waals surface area (Å²) in [6.45, 7) is 12.0. The zero-order valence-electron chi connectivity index (χ0n) is 13.2. The summed E-state index contributed by atoms with van der Waals surface area (Å²) < 4.78 is 2.07. The highest BCUT2D eigenvalue weighted by Crippen LogP contribution is 2.22. The predicted octanol–water partition coefficient (Wildman–Crippen LogP) is 2.75. The molecule has 4 nitrogen and oxygen atoms in total. The van der Waals surface area contributed by atoms with E-state index in [0.29, 0.717) is 18.0 Å². The molecular weight excluding hydrogens is 272 g/mol. The number of hydrogen-bond donors (Lipinski definition) is 1. The molecule has 1 aliphatic rings. The van der Waals surface area contributed by atoms with Crippen molar-refractivity contribution in [3.8, 4) is 0 Å². The van der Waals surface area contributed by atoms with Crippen LogP contribution < -0.4 is 5.73 Å². The Balaban J connectivity index is 0.00000200. The van der Waals surface area contributed by atoms with Crippen LogP contribution in [0.2, 0.25) is 0 Å². The fourth-order valence-electron chi connectivity index (χ4n) is 2.82. The third-order valence-electron chi connectivity index (χ3n) is 4.32. The van der Waals surface area contributed by atoms with E-state index in [1.54, 1.807) is 0 Å². The van der Waals surface area contributed by atoms with E-state index in [4.69, 9.17) is 5.73 Å². The Morgan fingerprint density at radius 1 is 1.30 bits per heavy atom. The summed E-state index contributed by atoms with van der Waals surface area (Å²) in [5.41, 5.74) is 8.53. The van der Waals surface area contributed by atoms with Crippen LogP contribution in [0.4, 0.5) is 0 Å². The van der Waals surface area contributed by atoms with Crippen LogP contribution in [0.5, 0.6) is 0 Å². The van der Waals surface area contributed by atoms with Gasteiger partial charge in [0.25, 0.3) is 0 Å². The molecule has 0 amide bonds. The first-order chi connectivity index (χ1) is 8.97. The highest BCUT2D eigenvalue weighted by molar-refractivity contribution is 5.85. The molecule has 0 bridgehead atoms. The third-order valence-corrected chi connectivity index (χ3v) is 4.32. The molecule has 116 valence electrons. The number of piperidine rings is 1. The van der Waals surface area contributed by atoms with Gasteiger partial charge in [0.05, 0.1) is 5.69 Å². The van der Waals surface area contributed by atoms with Crippen molar-refractivity contribution >= 4 is 12.4 Å². The molecule has 1 fully saturated rings. The Morgan fingerprint density at radius 3 is 2.35 bits per heavy atom. The largest absolute Gasteiger partial charge is 0.328 e. The van der Waals surface area contributed by atoms with Crippen LogP contribution in [0.3, 0.4) is 0 Å². The molecule has 20 heavy (non-hydrogen) atoms. The Hall–Kier alpha value is -0.580. The smallest absolute Gasteiger partial charge is 0.0638 e. The summed E-state index contributed by atoms with van der Waals surface area (Å²) in [5.74, 6) is 0.704. The van der Waals surface area contributed by atoms with Crippen LogP contribution in [0.25, 0.3) is 0 Å². The van der Waals surface area contributed by atoms with E-state index in [1.807, 2.05) is 0 Å². The number of likely N-dealkylation sites (tertiary alicyclic amines) is 1. The summed E-state index contributed by atoms with van der Waals surface area (Å²) in [6.07, 6.45) is 4.67. The standard InChI is InChI=1S/C15H28N4.ClH/c1-11(2)19-10-15(13(4)17-19)9-18-7-5-14(6-8-18)12(3)16;/h10-12,14H,5-9,16H2,1-4H3;1H. The van der Waals surface area contributed by atoms with Gasteiger partial charge < -0.3 is 5.73 Å². The van der Waals surface area contributed by atoms with Crippen molar-refractivity contribution < 1.29 is 0 Å². The SMILES string of the molecule is Cc1nn(C(C)C)cc1CN1CCC(C(C)N)CC1.Cl. The maximum atomic E-state index is 5.99. The Kier molecular flexibility index (Phi) is 6.49. The molecule has 1 aromatic rings. The quantitative estimate of drug-likeness (QED) is 0.930. The van der Waals surface area contributed by atoms with Crippen LogP contribution in [0.1, 0.15) is 50.9 Å². The van der Waals surface area contributed by atoms with E-state index in [9.17, 15) is 0 Å². The Labute approximate surface area is 129 Å². The fraction of sp³-hybridized carbons (Fsp3) is 0.800. The maximum Gasteiger partial charge on any atom is 0.0638 e. The highest BCUT2D eigenvalue weighted by atomic mass is 35.5. The molecule has 0 spiro atoms. The van der Waals surface area contributed by atoms with Gasteiger partial charge in [-0.3, -0.25) is 9.58 Å². The number of hydrogen-bond acceptors (Lipinski definition) is 3. The monoisotopic (exact) mass is 300 g/mol. The lowest BCUT2D eigenvalue weighted by Crippen LogP contribution is -2.39. The third kappa shape index (κ3) is 4.21. The van der Waals surface area contributed by atoms with E-state index in [-0.39, 0.29) is 12.4 Å². The van der Waals surface area contributed by atoms with Crippen LogP contribution in [0.15, 0.2) is 6.20 Å². The molecular formula is C15H29ClN4. The summed E-state index contributed by atoms with van der Waals surface area (Å²) in [4.78, 5) is 2.54. The number of nitrogens with zero attached hydrogens (tertiary/aromatic N) is 3. The van der Waals surface area contributed by atoms with Gasteiger partial charge in [-0.05, 0) is 59.5 Å². The minimum atomic E-state index is 0. The van der Waals surface area contributed by atoms with Crippen molar-refractivity contribution in [2.75, 3.05) is 13.1 Å². The van der Waals surface area contributed by atoms with Gasteiger partial charge in [0.2, 0.25) is 0 Å². The molecule has 2 rings (SSSR count). The van der Waals surface area contributed by atoms with Gasteiger partial charge in [-0.2, -0.15) is 5.10 Å². The molecule has 1 atom stereocenters. The molecule has 0 aromatic carbocycles. The number of nitrogens with two attached hydrogens (primary N) is 1. The topological polar surface area (TPSA) is 47.1 Å². The molecule has 1 unspecified atom stereocenters. The number of rotatable bonds is 4. The first kappa shape index (κ1) is 17.5. The lowest BCUT2D eigenvalue weighted by atomic mass is 9.91. The maximum absolute atomic E-state index is 5.99. The minimum absolute atomic E-state index is 0. The predicted molar refractivity (Wildman–Crippen MR) is 86.2 cm³/mol. The lowest BCUT2D eigenvalue weighted by Gasteiger charge is -2.33. The van der Waals surface area contributed by atoms with Crippen LogP contribution in [-0.4, -0.2) is 33.8 Å². The van der Waals surface area contributed by atoms with Gasteiger partial charge >= 0.3 is 0 Å². The normalized spacial score (nSPS) is 19.1. The number of aryl methyl sites for hydroxylation is 1. The molecule has 5 heteroatoms. The van der Waals surface area contributed by atoms with Crippen molar-refractivity contribution in [2.45, 2.75) is 59.2 Å². The molecule has 0 saturated carbocycles. The Bertz CT molecular complexity index is 406. The minimum Gasteiger partial charge on any atom is -0.328 e. The second kappa shape index (κ2) is 7.43. The van der Waals surface area contributed by atoms with Crippen LogP contribution >= 0.6 is 12.4 Å². The lowest BCUT2D eigenvalue weighted by molar-refractivity contribution is 0.165. The van der Waals surface area contributed by atoms with E-state index >= 15 is 0 Å². The highest BCUT2D eigenvalue weighted by Gasteiger charge is 2.22. The summed E-state index contributed by atoms with van der Waals surface area (Å²) in [5, 5.41) is 4.59. The summed E-state index contributed by atoms with van der Waals surface area (Å²) in [7, 11) is 0. The molecule has 0 radical (unpaired) electrons. The molecule has 1 aromatic heterocycles. The summed E-state index contributed by atoms with van der Waals surface area (Å²) >= 11 is 0. The first-order valence-corrected chi connectivity index (χ1v) is 7.50. The van der Waals surface area contributed by atoms with Crippen LogP contribution in [0, 0.1) is 12.8 Å². The van der Waals surface area contributed by atoms with E-state index < -0.39 is 0 Å². The van der Waals surface area contributed by atoms with Gasteiger partial charge in [-0.15, -0.1) is 12.4 Å². The van der Waals surface area contributed by atoms with Crippen molar-refractivity contribution in [1.82, 2.24) is 14.7 Å². The molecule has 2 N–H and O–H groups in total. The van der Waals surface area contributed by atoms with Crippen molar-refractivity contribution in [1.29, 1.82) is 0 Å². The second-order valence-corrected chi connectivity index (χ2v) is 6.29. The van der Waals surface area contributed by atoms with Crippen molar-refractivity contribution in [3.05, 3.63) is 17.5 Å². The second-order valence-electron chi connectivity index (χ2n) is 6.29. The average Bonchev–Trinajstić information content (AvgIpc) is 2.72. The van der Waals surface area contributed by atoms with E-state index in [0.717, 1.165) is 6.54 Å². The van der Waals surface area contributed by atoms with Crippen molar-refractivity contribution in [3.63, 3.8) is 0 Å². The Morgan fingerprint density at radius 2 is 1.90 bits per heavy atom. The van der Waals surface area contributed by atoms with Crippen molar-refractivity contribution in [2.24, 2.45) is 11.7 Å². The van der Waals surface area contributed by atoms with Crippen LogP contribution in [-0.2, 0) is 6.54 Å². The first-order valence-electron chi connectivity index (χ1n) is 7.50.